The van der Waals surface area contributed by atoms with Crippen LogP contribution in [0.25, 0.3) is 11.3 Å². The van der Waals surface area contributed by atoms with Crippen molar-refractivity contribution in [3.8, 4) is 11.3 Å². The molecule has 0 amide bonds. The van der Waals surface area contributed by atoms with Gasteiger partial charge in [-0.15, -0.1) is 0 Å². The van der Waals surface area contributed by atoms with E-state index in [1.807, 2.05) is 6.92 Å². The minimum Gasteiger partial charge on any atom is -0.458 e. The fourth-order valence-electron chi connectivity index (χ4n) is 1.63. The molecule has 84 valence electrons. The number of aliphatic hydroxyl groups excluding tert-OH is 1. The van der Waals surface area contributed by atoms with Crippen LogP contribution < -0.4 is 0 Å². The SMILES string of the molecule is Cc1cc(F)ccc1-c1ccc(C(C)O)o1. The lowest BCUT2D eigenvalue weighted by molar-refractivity contribution is 0.170. The van der Waals surface area contributed by atoms with Crippen molar-refractivity contribution in [3.05, 3.63) is 47.5 Å². The van der Waals surface area contributed by atoms with E-state index in [2.05, 4.69) is 0 Å². The Morgan fingerprint density at radius 3 is 2.56 bits per heavy atom. The van der Waals surface area contributed by atoms with E-state index in [4.69, 9.17) is 4.42 Å². The summed E-state index contributed by atoms with van der Waals surface area (Å²) in [4.78, 5) is 0. The predicted octanol–water partition coefficient (Wildman–Crippen LogP) is 3.45. The van der Waals surface area contributed by atoms with Gasteiger partial charge >= 0.3 is 0 Å². The lowest BCUT2D eigenvalue weighted by atomic mass is 10.1. The summed E-state index contributed by atoms with van der Waals surface area (Å²) in [6, 6.07) is 8.03. The first-order valence-corrected chi connectivity index (χ1v) is 5.12. The second-order valence-corrected chi connectivity index (χ2v) is 3.84. The number of aliphatic hydroxyl groups is 1. The van der Waals surface area contributed by atoms with Crippen molar-refractivity contribution < 1.29 is 13.9 Å². The maximum atomic E-state index is 12.9. The molecule has 0 bridgehead atoms. The molecule has 2 rings (SSSR count). The molecular weight excluding hydrogens is 207 g/mol. The Kier molecular flexibility index (Phi) is 2.79. The molecular formula is C13H13FO2. The molecule has 0 aliphatic rings. The Labute approximate surface area is 93.3 Å². The third-order valence-electron chi connectivity index (χ3n) is 2.49. The highest BCUT2D eigenvalue weighted by molar-refractivity contribution is 5.62. The van der Waals surface area contributed by atoms with Crippen LogP contribution in [0.2, 0.25) is 0 Å². The van der Waals surface area contributed by atoms with Crippen LogP contribution in [0.3, 0.4) is 0 Å². The van der Waals surface area contributed by atoms with Gasteiger partial charge < -0.3 is 9.52 Å². The zero-order valence-electron chi connectivity index (χ0n) is 9.20. The Morgan fingerprint density at radius 1 is 1.25 bits per heavy atom. The lowest BCUT2D eigenvalue weighted by Gasteiger charge is -2.03. The molecule has 0 saturated heterocycles. The molecule has 0 spiro atoms. The van der Waals surface area contributed by atoms with E-state index >= 15 is 0 Å². The third-order valence-corrected chi connectivity index (χ3v) is 2.49. The van der Waals surface area contributed by atoms with Crippen LogP contribution in [0.4, 0.5) is 4.39 Å². The molecule has 16 heavy (non-hydrogen) atoms. The molecule has 3 heteroatoms. The fraction of sp³-hybridized carbons (Fsp3) is 0.231. The van der Waals surface area contributed by atoms with Crippen LogP contribution >= 0.6 is 0 Å². The molecule has 0 aliphatic heterocycles. The predicted molar refractivity (Wildman–Crippen MR) is 59.5 cm³/mol. The quantitative estimate of drug-likeness (QED) is 0.840. The Morgan fingerprint density at radius 2 is 2.00 bits per heavy atom. The van der Waals surface area contributed by atoms with Gasteiger partial charge in [-0.3, -0.25) is 0 Å². The van der Waals surface area contributed by atoms with E-state index in [0.29, 0.717) is 11.5 Å². The van der Waals surface area contributed by atoms with Crippen molar-refractivity contribution in [1.82, 2.24) is 0 Å². The van der Waals surface area contributed by atoms with Gasteiger partial charge in [-0.2, -0.15) is 0 Å². The molecule has 2 nitrogen and oxygen atoms in total. The molecule has 0 radical (unpaired) electrons. The van der Waals surface area contributed by atoms with Gasteiger partial charge in [0.25, 0.3) is 0 Å². The second-order valence-electron chi connectivity index (χ2n) is 3.84. The zero-order chi connectivity index (χ0) is 11.7. The minimum atomic E-state index is -0.630. The van der Waals surface area contributed by atoms with Crippen molar-refractivity contribution in [1.29, 1.82) is 0 Å². The topological polar surface area (TPSA) is 33.4 Å². The van der Waals surface area contributed by atoms with Gasteiger partial charge in [0.1, 0.15) is 23.4 Å². The van der Waals surface area contributed by atoms with Crippen molar-refractivity contribution in [3.63, 3.8) is 0 Å². The smallest absolute Gasteiger partial charge is 0.134 e. The highest BCUT2D eigenvalue weighted by atomic mass is 19.1. The summed E-state index contributed by atoms with van der Waals surface area (Å²) in [5.74, 6) is 0.899. The standard InChI is InChI=1S/C13H13FO2/c1-8-7-10(14)3-4-11(8)13-6-5-12(16-13)9(2)15/h3-7,9,15H,1-2H3. The van der Waals surface area contributed by atoms with Gasteiger partial charge in [0.15, 0.2) is 0 Å². The van der Waals surface area contributed by atoms with Crippen molar-refractivity contribution >= 4 is 0 Å². The van der Waals surface area contributed by atoms with Gasteiger partial charge in [0, 0.05) is 5.56 Å². The zero-order valence-corrected chi connectivity index (χ0v) is 9.20. The number of rotatable bonds is 2. The van der Waals surface area contributed by atoms with Crippen molar-refractivity contribution in [2.45, 2.75) is 20.0 Å². The Hall–Kier alpha value is -1.61. The van der Waals surface area contributed by atoms with Crippen LogP contribution in [-0.2, 0) is 0 Å². The number of furan rings is 1. The van der Waals surface area contributed by atoms with Gasteiger partial charge in [0.2, 0.25) is 0 Å². The average molecular weight is 220 g/mol. The molecule has 1 N–H and O–H groups in total. The number of halogens is 1. The molecule has 2 aromatic rings. The lowest BCUT2D eigenvalue weighted by Crippen LogP contribution is -1.86. The monoisotopic (exact) mass is 220 g/mol. The van der Waals surface area contributed by atoms with Gasteiger partial charge in [0.05, 0.1) is 0 Å². The normalized spacial score (nSPS) is 12.8. The molecule has 1 heterocycles. The van der Waals surface area contributed by atoms with Crippen molar-refractivity contribution in [2.75, 3.05) is 0 Å². The highest BCUT2D eigenvalue weighted by Crippen LogP contribution is 2.28. The third kappa shape index (κ3) is 1.99. The molecule has 0 saturated carbocycles. The van der Waals surface area contributed by atoms with E-state index in [0.717, 1.165) is 11.1 Å². The molecule has 0 fully saturated rings. The van der Waals surface area contributed by atoms with Crippen LogP contribution in [0.1, 0.15) is 24.4 Å². The fourth-order valence-corrected chi connectivity index (χ4v) is 1.63. The van der Waals surface area contributed by atoms with E-state index < -0.39 is 6.10 Å². The van der Waals surface area contributed by atoms with Crippen LogP contribution in [-0.4, -0.2) is 5.11 Å². The van der Waals surface area contributed by atoms with E-state index in [1.54, 1.807) is 25.1 Å². The van der Waals surface area contributed by atoms with E-state index in [9.17, 15) is 9.50 Å². The van der Waals surface area contributed by atoms with Crippen molar-refractivity contribution in [2.24, 2.45) is 0 Å². The Balaban J connectivity index is 2.42. The number of hydrogen-bond donors (Lipinski definition) is 1. The average Bonchev–Trinajstić information content (AvgIpc) is 2.66. The molecule has 1 aromatic carbocycles. The highest BCUT2D eigenvalue weighted by Gasteiger charge is 2.10. The number of hydrogen-bond acceptors (Lipinski definition) is 2. The Bertz CT molecular complexity index is 500. The summed E-state index contributed by atoms with van der Waals surface area (Å²) in [6.07, 6.45) is -0.630. The summed E-state index contributed by atoms with van der Waals surface area (Å²) in [5, 5.41) is 9.34. The first-order chi connectivity index (χ1) is 7.58. The van der Waals surface area contributed by atoms with Crippen LogP contribution in [0, 0.1) is 12.7 Å². The summed E-state index contributed by atoms with van der Waals surface area (Å²) in [6.45, 7) is 3.46. The summed E-state index contributed by atoms with van der Waals surface area (Å²) in [7, 11) is 0. The number of aryl methyl sites for hydroxylation is 1. The largest absolute Gasteiger partial charge is 0.458 e. The van der Waals surface area contributed by atoms with Crippen LogP contribution in [0.15, 0.2) is 34.7 Å². The van der Waals surface area contributed by atoms with E-state index in [-0.39, 0.29) is 5.82 Å². The maximum Gasteiger partial charge on any atom is 0.134 e. The summed E-state index contributed by atoms with van der Waals surface area (Å²) in [5.41, 5.74) is 1.65. The first kappa shape index (κ1) is 10.9. The molecule has 0 aliphatic carbocycles. The number of benzene rings is 1. The second kappa shape index (κ2) is 4.10. The van der Waals surface area contributed by atoms with Gasteiger partial charge in [-0.25, -0.2) is 4.39 Å². The van der Waals surface area contributed by atoms with Gasteiger partial charge in [-0.1, -0.05) is 0 Å². The summed E-state index contributed by atoms with van der Waals surface area (Å²) < 4.78 is 18.4. The molecule has 1 atom stereocenters. The summed E-state index contributed by atoms with van der Waals surface area (Å²) >= 11 is 0. The first-order valence-electron chi connectivity index (χ1n) is 5.12. The minimum absolute atomic E-state index is 0.261. The molecule has 1 aromatic heterocycles. The maximum absolute atomic E-state index is 12.9. The van der Waals surface area contributed by atoms with E-state index in [1.165, 1.54) is 12.1 Å². The molecule has 1 unspecified atom stereocenters. The van der Waals surface area contributed by atoms with Crippen LogP contribution in [0.5, 0.6) is 0 Å². The van der Waals surface area contributed by atoms with Gasteiger partial charge in [-0.05, 0) is 49.7 Å².